The summed E-state index contributed by atoms with van der Waals surface area (Å²) in [6.45, 7) is 1.69. The maximum atomic E-state index is 13.4. The van der Waals surface area contributed by atoms with Crippen LogP contribution in [0.3, 0.4) is 0 Å². The lowest BCUT2D eigenvalue weighted by molar-refractivity contribution is 0.0606. The molecule has 0 unspecified atom stereocenters. The smallest absolute Gasteiger partial charge is 0.348 e. The van der Waals surface area contributed by atoms with Crippen LogP contribution in [0.2, 0.25) is 0 Å². The average Bonchev–Trinajstić information content (AvgIpc) is 2.90. The Hall–Kier alpha value is -1.99. The highest BCUT2D eigenvalue weighted by atomic mass is 32.1. The molecule has 2 N–H and O–H groups in total. The molecule has 0 fully saturated rings. The van der Waals surface area contributed by atoms with Crippen molar-refractivity contribution in [3.05, 3.63) is 46.6 Å². The molecule has 0 radical (unpaired) electrons. The zero-order valence-electron chi connectivity index (χ0n) is 11.4. The largest absolute Gasteiger partial charge is 0.465 e. The molecule has 1 heterocycles. The molecule has 0 bridgehead atoms. The number of aryl methyl sites for hydroxylation is 1. The number of hydrogen-bond acceptors (Lipinski definition) is 4. The van der Waals surface area contributed by atoms with E-state index in [1.165, 1.54) is 24.5 Å². The van der Waals surface area contributed by atoms with Crippen LogP contribution in [0.15, 0.2) is 30.3 Å². The first kappa shape index (κ1) is 15.4. The molecule has 0 spiro atoms. The molecule has 0 saturated carbocycles. The van der Waals surface area contributed by atoms with Crippen LogP contribution < -0.4 is 10.6 Å². The van der Waals surface area contributed by atoms with Crippen LogP contribution in [0.1, 0.15) is 15.2 Å². The van der Waals surface area contributed by atoms with E-state index in [4.69, 9.17) is 12.2 Å². The molecular weight excluding hydrogens is 311 g/mol. The Morgan fingerprint density at radius 1 is 1.29 bits per heavy atom. The van der Waals surface area contributed by atoms with E-state index >= 15 is 0 Å². The highest BCUT2D eigenvalue weighted by molar-refractivity contribution is 7.80. The van der Waals surface area contributed by atoms with Crippen molar-refractivity contribution in [1.82, 2.24) is 0 Å². The van der Waals surface area contributed by atoms with Gasteiger partial charge in [0.15, 0.2) is 5.11 Å². The third-order valence-electron chi connectivity index (χ3n) is 2.66. The van der Waals surface area contributed by atoms with Crippen LogP contribution >= 0.6 is 23.6 Å². The van der Waals surface area contributed by atoms with E-state index in [1.54, 1.807) is 31.2 Å². The summed E-state index contributed by atoms with van der Waals surface area (Å²) in [6.07, 6.45) is 0. The first-order valence-electron chi connectivity index (χ1n) is 6.02. The molecule has 1 aromatic heterocycles. The number of benzene rings is 1. The van der Waals surface area contributed by atoms with Gasteiger partial charge in [-0.2, -0.15) is 0 Å². The van der Waals surface area contributed by atoms with Crippen LogP contribution in [-0.2, 0) is 4.74 Å². The molecule has 0 aliphatic rings. The molecule has 21 heavy (non-hydrogen) atoms. The number of esters is 1. The second kappa shape index (κ2) is 6.64. The van der Waals surface area contributed by atoms with Gasteiger partial charge in [0.2, 0.25) is 0 Å². The van der Waals surface area contributed by atoms with Gasteiger partial charge in [0.1, 0.15) is 10.7 Å². The first-order chi connectivity index (χ1) is 9.99. The molecule has 0 saturated heterocycles. The number of thiocarbonyl (C=S) groups is 1. The predicted octanol–water partition coefficient (Wildman–Crippen LogP) is 3.79. The van der Waals surface area contributed by atoms with Crippen LogP contribution in [0.25, 0.3) is 0 Å². The van der Waals surface area contributed by atoms with E-state index in [1.807, 2.05) is 0 Å². The van der Waals surface area contributed by atoms with Crippen molar-refractivity contribution < 1.29 is 13.9 Å². The van der Waals surface area contributed by atoms with E-state index in [0.29, 0.717) is 26.2 Å². The Balaban J connectivity index is 1.99. The fourth-order valence-electron chi connectivity index (χ4n) is 1.56. The molecule has 2 rings (SSSR count). The van der Waals surface area contributed by atoms with Crippen molar-refractivity contribution in [2.24, 2.45) is 0 Å². The fraction of sp³-hybridized carbons (Fsp3) is 0.143. The molecule has 4 nitrogen and oxygen atoms in total. The number of ether oxygens (including phenoxy) is 1. The Labute approximate surface area is 130 Å². The lowest BCUT2D eigenvalue weighted by atomic mass is 10.2. The minimum atomic E-state index is -0.396. The summed E-state index contributed by atoms with van der Waals surface area (Å²) in [7, 11) is 1.33. The van der Waals surface area contributed by atoms with Crippen molar-refractivity contribution in [2.75, 3.05) is 17.7 Å². The third-order valence-corrected chi connectivity index (χ3v) is 3.84. The number of thiophene rings is 1. The van der Waals surface area contributed by atoms with E-state index in [-0.39, 0.29) is 5.82 Å². The minimum absolute atomic E-state index is 0.299. The van der Waals surface area contributed by atoms with Gasteiger partial charge in [-0.15, -0.1) is 11.3 Å². The number of carbonyl (C=O) groups excluding carboxylic acids is 1. The third kappa shape index (κ3) is 3.99. The van der Waals surface area contributed by atoms with E-state index in [0.717, 1.165) is 0 Å². The van der Waals surface area contributed by atoms with Crippen molar-refractivity contribution >= 4 is 45.3 Å². The number of rotatable bonds is 3. The van der Waals surface area contributed by atoms with Gasteiger partial charge in [0.05, 0.1) is 12.1 Å². The second-order valence-corrected chi connectivity index (χ2v) is 5.69. The number of nitrogens with one attached hydrogen (secondary N) is 2. The lowest BCUT2D eigenvalue weighted by Crippen LogP contribution is -2.18. The summed E-state index contributed by atoms with van der Waals surface area (Å²) in [5, 5.41) is 6.83. The monoisotopic (exact) mass is 324 g/mol. The van der Waals surface area contributed by atoms with Crippen LogP contribution in [0.4, 0.5) is 15.1 Å². The number of carbonyl (C=O) groups is 1. The normalized spacial score (nSPS) is 10.0. The van der Waals surface area contributed by atoms with Gasteiger partial charge in [-0.1, -0.05) is 6.07 Å². The summed E-state index contributed by atoms with van der Waals surface area (Å²) in [6, 6.07) is 8.15. The Bertz CT molecular complexity index is 685. The molecule has 110 valence electrons. The first-order valence-corrected chi connectivity index (χ1v) is 7.24. The molecule has 0 aliphatic carbocycles. The van der Waals surface area contributed by atoms with E-state index < -0.39 is 5.97 Å². The highest BCUT2D eigenvalue weighted by Crippen LogP contribution is 2.23. The number of halogens is 1. The summed E-state index contributed by atoms with van der Waals surface area (Å²) in [4.78, 5) is 11.8. The Morgan fingerprint density at radius 2 is 2.05 bits per heavy atom. The maximum Gasteiger partial charge on any atom is 0.348 e. The summed E-state index contributed by atoms with van der Waals surface area (Å²) in [5.74, 6) is -0.695. The van der Waals surface area contributed by atoms with Gasteiger partial charge in [0.25, 0.3) is 0 Å². The van der Waals surface area contributed by atoms with Gasteiger partial charge >= 0.3 is 5.97 Å². The van der Waals surface area contributed by atoms with Crippen molar-refractivity contribution in [3.8, 4) is 0 Å². The number of methoxy groups -OCH3 is 1. The molecule has 0 aliphatic heterocycles. The summed E-state index contributed by atoms with van der Waals surface area (Å²) in [5.41, 5.74) is 1.13. The van der Waals surface area contributed by atoms with E-state index in [2.05, 4.69) is 15.4 Å². The Morgan fingerprint density at radius 3 is 2.71 bits per heavy atom. The zero-order chi connectivity index (χ0) is 15.4. The molecule has 0 amide bonds. The summed E-state index contributed by atoms with van der Waals surface area (Å²) < 4.78 is 18.1. The molecule has 2 aromatic rings. The minimum Gasteiger partial charge on any atom is -0.465 e. The van der Waals surface area contributed by atoms with Gasteiger partial charge in [-0.3, -0.25) is 0 Å². The van der Waals surface area contributed by atoms with Crippen LogP contribution in [0.5, 0.6) is 0 Å². The van der Waals surface area contributed by atoms with E-state index in [9.17, 15) is 9.18 Å². The second-order valence-electron chi connectivity index (χ2n) is 4.20. The van der Waals surface area contributed by atoms with Gasteiger partial charge < -0.3 is 15.4 Å². The highest BCUT2D eigenvalue weighted by Gasteiger charge is 2.10. The Kier molecular flexibility index (Phi) is 4.87. The molecule has 1 aromatic carbocycles. The maximum absolute atomic E-state index is 13.4. The van der Waals surface area contributed by atoms with Crippen molar-refractivity contribution in [3.63, 3.8) is 0 Å². The van der Waals surface area contributed by atoms with Gasteiger partial charge in [-0.25, -0.2) is 9.18 Å². The number of anilines is 2. The molecule has 0 atom stereocenters. The average molecular weight is 324 g/mol. The SMILES string of the molecule is COC(=O)c1ccc(NC(=S)Nc2ccc(C)c(F)c2)s1. The lowest BCUT2D eigenvalue weighted by Gasteiger charge is -2.09. The molecular formula is C14H13FN2O2S2. The van der Waals surface area contributed by atoms with Gasteiger partial charge in [-0.05, 0) is 49.0 Å². The fourth-order valence-corrected chi connectivity index (χ4v) is 2.68. The van der Waals surface area contributed by atoms with Crippen molar-refractivity contribution in [1.29, 1.82) is 0 Å². The van der Waals surface area contributed by atoms with Crippen LogP contribution in [-0.4, -0.2) is 18.2 Å². The zero-order valence-corrected chi connectivity index (χ0v) is 13.0. The van der Waals surface area contributed by atoms with Crippen LogP contribution in [0, 0.1) is 12.7 Å². The molecule has 7 heteroatoms. The standard InChI is InChI=1S/C14H13FN2O2S2/c1-8-3-4-9(7-10(8)15)16-14(20)17-12-6-5-11(21-12)13(18)19-2/h3-7H,1-2H3,(H2,16,17,20). The quantitative estimate of drug-likeness (QED) is 0.664. The topological polar surface area (TPSA) is 50.4 Å². The number of hydrogen-bond donors (Lipinski definition) is 2. The summed E-state index contributed by atoms with van der Waals surface area (Å²) >= 11 is 6.37. The van der Waals surface area contributed by atoms with Gasteiger partial charge in [0, 0.05) is 5.69 Å². The van der Waals surface area contributed by atoms with Crippen molar-refractivity contribution in [2.45, 2.75) is 6.92 Å². The predicted molar refractivity (Wildman–Crippen MR) is 86.6 cm³/mol.